The van der Waals surface area contributed by atoms with Crippen LogP contribution in [-0.2, 0) is 20.8 Å². The van der Waals surface area contributed by atoms with Crippen molar-refractivity contribution in [3.63, 3.8) is 0 Å². The molecule has 0 aliphatic rings. The van der Waals surface area contributed by atoms with Crippen LogP contribution < -0.4 is 5.48 Å². The molecule has 116 valence electrons. The molecule has 1 atom stereocenters. The van der Waals surface area contributed by atoms with Crippen LogP contribution in [0.1, 0.15) is 32.8 Å². The minimum Gasteiger partial charge on any atom is -0.479 e. The number of hydrogen-bond acceptors (Lipinski definition) is 4. The lowest BCUT2D eigenvalue weighted by Crippen LogP contribution is -2.38. The van der Waals surface area contributed by atoms with E-state index in [1.54, 1.807) is 20.8 Å². The summed E-state index contributed by atoms with van der Waals surface area (Å²) in [6.45, 7) is 5.12. The van der Waals surface area contributed by atoms with E-state index < -0.39 is 23.8 Å². The van der Waals surface area contributed by atoms with Gasteiger partial charge in [-0.05, 0) is 39.2 Å². The van der Waals surface area contributed by atoms with Gasteiger partial charge in [0, 0.05) is 0 Å². The zero-order valence-electron chi connectivity index (χ0n) is 12.5. The Balaban J connectivity index is 2.44. The maximum Gasteiger partial charge on any atom is 0.431 e. The first-order chi connectivity index (χ1) is 9.78. The number of ether oxygens (including phenoxy) is 1. The summed E-state index contributed by atoms with van der Waals surface area (Å²) in [5.74, 6) is -1.14. The summed E-state index contributed by atoms with van der Waals surface area (Å²) in [6, 6.07) is 9.45. The predicted octanol–water partition coefficient (Wildman–Crippen LogP) is 2.53. The third-order valence-electron chi connectivity index (χ3n) is 2.50. The third-order valence-corrected chi connectivity index (χ3v) is 2.50. The first kappa shape index (κ1) is 17.0. The molecule has 0 bridgehead atoms. The highest BCUT2D eigenvalue weighted by molar-refractivity contribution is 5.73. The second kappa shape index (κ2) is 7.64. The van der Waals surface area contributed by atoms with E-state index in [0.29, 0.717) is 6.42 Å². The molecule has 1 unspecified atom stereocenters. The minimum atomic E-state index is -1.14. The number of benzene rings is 1. The van der Waals surface area contributed by atoms with Crippen LogP contribution >= 0.6 is 0 Å². The van der Waals surface area contributed by atoms with E-state index in [2.05, 4.69) is 0 Å². The van der Waals surface area contributed by atoms with Gasteiger partial charge in [-0.3, -0.25) is 4.84 Å². The summed E-state index contributed by atoms with van der Waals surface area (Å²) in [5, 5.41) is 9.08. The molecule has 0 saturated carbocycles. The summed E-state index contributed by atoms with van der Waals surface area (Å²) in [6.07, 6.45) is -1.16. The number of hydrogen-bond donors (Lipinski definition) is 2. The van der Waals surface area contributed by atoms with Gasteiger partial charge >= 0.3 is 12.1 Å². The summed E-state index contributed by atoms with van der Waals surface area (Å²) >= 11 is 0. The summed E-state index contributed by atoms with van der Waals surface area (Å²) in [5.41, 5.74) is 2.35. The molecular weight excluding hydrogens is 274 g/mol. The number of amides is 1. The van der Waals surface area contributed by atoms with Gasteiger partial charge in [-0.2, -0.15) is 5.48 Å². The van der Waals surface area contributed by atoms with Crippen LogP contribution in [0.15, 0.2) is 30.3 Å². The number of hydroxylamine groups is 1. The summed E-state index contributed by atoms with van der Waals surface area (Å²) in [4.78, 5) is 27.4. The van der Waals surface area contributed by atoms with E-state index in [1.165, 1.54) is 0 Å². The Morgan fingerprint density at radius 1 is 1.24 bits per heavy atom. The van der Waals surface area contributed by atoms with Gasteiger partial charge in [0.2, 0.25) is 0 Å². The van der Waals surface area contributed by atoms with E-state index in [4.69, 9.17) is 14.7 Å². The smallest absolute Gasteiger partial charge is 0.431 e. The van der Waals surface area contributed by atoms with E-state index >= 15 is 0 Å². The Morgan fingerprint density at radius 3 is 2.38 bits per heavy atom. The van der Waals surface area contributed by atoms with Crippen molar-refractivity contribution >= 4 is 12.1 Å². The van der Waals surface area contributed by atoms with Crippen molar-refractivity contribution < 1.29 is 24.3 Å². The third kappa shape index (κ3) is 7.31. The second-order valence-electron chi connectivity index (χ2n) is 5.57. The molecule has 0 heterocycles. The monoisotopic (exact) mass is 295 g/mol. The Bertz CT molecular complexity index is 467. The Kier molecular flexibility index (Phi) is 6.17. The fraction of sp³-hybridized carbons (Fsp3) is 0.467. The predicted molar refractivity (Wildman–Crippen MR) is 76.6 cm³/mol. The van der Waals surface area contributed by atoms with Gasteiger partial charge in [-0.25, -0.2) is 9.59 Å². The molecule has 0 aliphatic heterocycles. The number of carbonyl (C=O) groups excluding carboxylic acids is 1. The lowest BCUT2D eigenvalue weighted by Gasteiger charge is -2.20. The van der Waals surface area contributed by atoms with Crippen molar-refractivity contribution in [2.24, 2.45) is 0 Å². The van der Waals surface area contributed by atoms with Gasteiger partial charge in [0.25, 0.3) is 0 Å². The van der Waals surface area contributed by atoms with Crippen molar-refractivity contribution in [3.8, 4) is 0 Å². The maximum absolute atomic E-state index is 11.4. The molecule has 21 heavy (non-hydrogen) atoms. The molecule has 6 nitrogen and oxygen atoms in total. The maximum atomic E-state index is 11.4. The summed E-state index contributed by atoms with van der Waals surface area (Å²) in [7, 11) is 0. The van der Waals surface area contributed by atoms with E-state index in [-0.39, 0.29) is 6.42 Å². The lowest BCUT2D eigenvalue weighted by atomic mass is 10.1. The SMILES string of the molecule is CC(C)(C)OC(=O)NOC(CCc1ccccc1)C(=O)O. The second-order valence-corrected chi connectivity index (χ2v) is 5.57. The number of carboxylic acids is 1. The molecule has 1 rings (SSSR count). The Hall–Kier alpha value is -2.08. The van der Waals surface area contributed by atoms with E-state index in [0.717, 1.165) is 5.56 Å². The Morgan fingerprint density at radius 2 is 1.86 bits per heavy atom. The molecule has 0 saturated heterocycles. The molecule has 6 heteroatoms. The van der Waals surface area contributed by atoms with Crippen molar-refractivity contribution in [3.05, 3.63) is 35.9 Å². The van der Waals surface area contributed by atoms with Crippen LogP contribution in [0.4, 0.5) is 4.79 Å². The number of carboxylic acid groups (broad SMARTS) is 1. The molecule has 0 fully saturated rings. The highest BCUT2D eigenvalue weighted by atomic mass is 16.7. The van der Waals surface area contributed by atoms with Crippen LogP contribution in [0.25, 0.3) is 0 Å². The quantitative estimate of drug-likeness (QED) is 0.788. The van der Waals surface area contributed by atoms with E-state index in [1.807, 2.05) is 35.8 Å². The molecule has 2 N–H and O–H groups in total. The molecular formula is C15H21NO5. The first-order valence-electron chi connectivity index (χ1n) is 6.69. The van der Waals surface area contributed by atoms with Crippen LogP contribution in [-0.4, -0.2) is 28.9 Å². The van der Waals surface area contributed by atoms with Crippen LogP contribution in [0, 0.1) is 0 Å². The number of aliphatic carboxylic acids is 1. The topological polar surface area (TPSA) is 84.9 Å². The van der Waals surface area contributed by atoms with Gasteiger partial charge in [0.1, 0.15) is 5.60 Å². The highest BCUT2D eigenvalue weighted by Crippen LogP contribution is 2.09. The van der Waals surface area contributed by atoms with Crippen LogP contribution in [0.3, 0.4) is 0 Å². The van der Waals surface area contributed by atoms with Gasteiger partial charge in [0.15, 0.2) is 6.10 Å². The fourth-order valence-electron chi connectivity index (χ4n) is 1.59. The van der Waals surface area contributed by atoms with Gasteiger partial charge in [-0.15, -0.1) is 0 Å². The molecule has 0 spiro atoms. The molecule has 0 aromatic heterocycles. The fourth-order valence-corrected chi connectivity index (χ4v) is 1.59. The van der Waals surface area contributed by atoms with Crippen molar-refractivity contribution in [2.75, 3.05) is 0 Å². The van der Waals surface area contributed by atoms with Crippen molar-refractivity contribution in [1.29, 1.82) is 0 Å². The highest BCUT2D eigenvalue weighted by Gasteiger charge is 2.22. The molecule has 1 aromatic carbocycles. The minimum absolute atomic E-state index is 0.245. The first-order valence-corrected chi connectivity index (χ1v) is 6.69. The number of nitrogens with one attached hydrogen (secondary N) is 1. The standard InChI is InChI=1S/C15H21NO5/c1-15(2,3)20-14(19)16-21-12(13(17)18)10-9-11-7-5-4-6-8-11/h4-8,12H,9-10H2,1-3H3,(H,16,19)(H,17,18). The summed E-state index contributed by atoms with van der Waals surface area (Å²) < 4.78 is 4.96. The van der Waals surface area contributed by atoms with Gasteiger partial charge < -0.3 is 9.84 Å². The number of aryl methyl sites for hydroxylation is 1. The van der Waals surface area contributed by atoms with E-state index in [9.17, 15) is 9.59 Å². The zero-order chi connectivity index (χ0) is 15.9. The number of rotatable bonds is 6. The molecule has 0 radical (unpaired) electrons. The van der Waals surface area contributed by atoms with Crippen LogP contribution in [0.2, 0.25) is 0 Å². The zero-order valence-corrected chi connectivity index (χ0v) is 12.5. The Labute approximate surface area is 124 Å². The van der Waals surface area contributed by atoms with Gasteiger partial charge in [-0.1, -0.05) is 30.3 Å². The van der Waals surface area contributed by atoms with Crippen molar-refractivity contribution in [1.82, 2.24) is 5.48 Å². The average Bonchev–Trinajstić information content (AvgIpc) is 2.37. The van der Waals surface area contributed by atoms with Gasteiger partial charge in [0.05, 0.1) is 0 Å². The largest absolute Gasteiger partial charge is 0.479 e. The molecule has 0 aliphatic carbocycles. The normalized spacial score (nSPS) is 12.5. The van der Waals surface area contributed by atoms with Crippen molar-refractivity contribution in [2.45, 2.75) is 45.3 Å². The van der Waals surface area contributed by atoms with Crippen LogP contribution in [0.5, 0.6) is 0 Å². The molecule has 1 aromatic rings. The molecule has 1 amide bonds. The number of carbonyl (C=O) groups is 2. The average molecular weight is 295 g/mol. The lowest BCUT2D eigenvalue weighted by molar-refractivity contribution is -0.155.